The fourth-order valence-corrected chi connectivity index (χ4v) is 5.11. The van der Waals surface area contributed by atoms with Gasteiger partial charge in [-0.25, -0.2) is 18.0 Å². The lowest BCUT2D eigenvalue weighted by Gasteiger charge is -2.38. The lowest BCUT2D eigenvalue weighted by molar-refractivity contribution is -0.234. The molecule has 0 N–H and O–H groups in total. The predicted octanol–water partition coefficient (Wildman–Crippen LogP) is 4.27. The quantitative estimate of drug-likeness (QED) is 0.396. The molecule has 4 rings (SSSR count). The van der Waals surface area contributed by atoms with Crippen molar-refractivity contribution in [3.8, 4) is 16.9 Å². The summed E-state index contributed by atoms with van der Waals surface area (Å²) in [7, 11) is -2.54. The molecule has 37 heavy (non-hydrogen) atoms. The van der Waals surface area contributed by atoms with Gasteiger partial charge in [0.05, 0.1) is 48.8 Å². The van der Waals surface area contributed by atoms with Crippen molar-refractivity contribution in [3.05, 3.63) is 72.2 Å². The van der Waals surface area contributed by atoms with Crippen molar-refractivity contribution in [2.45, 2.75) is 37.5 Å². The molecule has 3 aromatic rings. The zero-order valence-electron chi connectivity index (χ0n) is 21.1. The third kappa shape index (κ3) is 5.86. The Hall–Kier alpha value is -3.63. The Morgan fingerprint density at radius 2 is 1.76 bits per heavy atom. The van der Waals surface area contributed by atoms with Crippen LogP contribution in [-0.2, 0) is 30.0 Å². The third-order valence-corrected chi connectivity index (χ3v) is 7.52. The molecular formula is C27H29NO8S. The molecule has 0 atom stereocenters. The fourth-order valence-electron chi connectivity index (χ4n) is 3.72. The molecule has 0 aliphatic carbocycles. The van der Waals surface area contributed by atoms with E-state index in [-0.39, 0.29) is 40.8 Å². The van der Waals surface area contributed by atoms with Gasteiger partial charge >= 0.3 is 11.9 Å². The number of furan rings is 1. The SMILES string of the molecule is COC(=O)c1c(CS(=O)(=O)c2ccccc2)ccc(-c2ccoc2)c1OC1CN(OC(=O)C(C)(C)C)C1. The largest absolute Gasteiger partial charge is 0.486 e. The van der Waals surface area contributed by atoms with E-state index in [0.717, 1.165) is 0 Å². The van der Waals surface area contributed by atoms with Gasteiger partial charge in [-0.3, -0.25) is 0 Å². The molecule has 0 unspecified atom stereocenters. The lowest BCUT2D eigenvalue weighted by Crippen LogP contribution is -2.55. The fraction of sp³-hybridized carbons (Fsp3) is 0.333. The maximum atomic E-state index is 13.1. The number of methoxy groups -OCH3 is 1. The number of carbonyl (C=O) groups is 2. The number of carbonyl (C=O) groups excluding carboxylic acids is 2. The molecule has 0 spiro atoms. The molecule has 9 nitrogen and oxygen atoms in total. The summed E-state index contributed by atoms with van der Waals surface area (Å²) in [5.41, 5.74) is 0.795. The van der Waals surface area contributed by atoms with Crippen LogP contribution in [0.5, 0.6) is 5.75 Å². The average Bonchev–Trinajstić information content (AvgIpc) is 3.36. The Kier molecular flexibility index (Phi) is 7.42. The van der Waals surface area contributed by atoms with Gasteiger partial charge < -0.3 is 18.7 Å². The maximum absolute atomic E-state index is 13.1. The molecule has 2 aromatic carbocycles. The molecule has 1 fully saturated rings. The topological polar surface area (TPSA) is 112 Å². The van der Waals surface area contributed by atoms with Crippen LogP contribution in [0.2, 0.25) is 0 Å². The minimum Gasteiger partial charge on any atom is -0.486 e. The summed E-state index contributed by atoms with van der Waals surface area (Å²) in [6.07, 6.45) is 2.58. The van der Waals surface area contributed by atoms with E-state index < -0.39 is 33.1 Å². The Morgan fingerprint density at radius 1 is 1.05 bits per heavy atom. The number of benzene rings is 2. The zero-order valence-corrected chi connectivity index (χ0v) is 21.9. The first-order valence-corrected chi connectivity index (χ1v) is 13.3. The van der Waals surface area contributed by atoms with Crippen molar-refractivity contribution in [2.75, 3.05) is 20.2 Å². The molecule has 0 bridgehead atoms. The van der Waals surface area contributed by atoms with Gasteiger partial charge in [0, 0.05) is 11.1 Å². The van der Waals surface area contributed by atoms with Crippen LogP contribution in [-0.4, -0.2) is 51.7 Å². The predicted molar refractivity (Wildman–Crippen MR) is 134 cm³/mol. The first-order chi connectivity index (χ1) is 17.5. The highest BCUT2D eigenvalue weighted by atomic mass is 32.2. The molecule has 2 heterocycles. The van der Waals surface area contributed by atoms with E-state index in [1.807, 2.05) is 0 Å². The minimum atomic E-state index is -3.76. The second-order valence-corrected chi connectivity index (χ2v) is 11.8. The Labute approximate surface area is 215 Å². The van der Waals surface area contributed by atoms with E-state index in [1.54, 1.807) is 57.2 Å². The van der Waals surface area contributed by atoms with Crippen LogP contribution in [0.25, 0.3) is 11.1 Å². The summed E-state index contributed by atoms with van der Waals surface area (Å²) in [6.45, 7) is 5.84. The Morgan fingerprint density at radius 3 is 2.35 bits per heavy atom. The number of nitrogens with zero attached hydrogens (tertiary/aromatic N) is 1. The van der Waals surface area contributed by atoms with E-state index in [4.69, 9.17) is 18.7 Å². The van der Waals surface area contributed by atoms with Crippen molar-refractivity contribution in [2.24, 2.45) is 5.41 Å². The number of hydrogen-bond donors (Lipinski definition) is 0. The first-order valence-electron chi connectivity index (χ1n) is 11.7. The molecule has 1 saturated heterocycles. The van der Waals surface area contributed by atoms with Gasteiger partial charge in [0.1, 0.15) is 17.4 Å². The van der Waals surface area contributed by atoms with Crippen LogP contribution < -0.4 is 4.74 Å². The normalized spacial score (nSPS) is 14.6. The van der Waals surface area contributed by atoms with Gasteiger partial charge in [-0.1, -0.05) is 30.3 Å². The molecule has 0 amide bonds. The van der Waals surface area contributed by atoms with Gasteiger partial charge in [0.25, 0.3) is 0 Å². The molecule has 1 aliphatic rings. The highest BCUT2D eigenvalue weighted by Gasteiger charge is 2.37. The summed E-state index contributed by atoms with van der Waals surface area (Å²) in [5.74, 6) is -1.34. The Bertz CT molecular complexity index is 1370. The van der Waals surface area contributed by atoms with E-state index >= 15 is 0 Å². The van der Waals surface area contributed by atoms with E-state index in [1.165, 1.54) is 36.8 Å². The highest BCUT2D eigenvalue weighted by Crippen LogP contribution is 2.39. The van der Waals surface area contributed by atoms with Gasteiger partial charge in [0.2, 0.25) is 0 Å². The van der Waals surface area contributed by atoms with E-state index in [9.17, 15) is 18.0 Å². The summed E-state index contributed by atoms with van der Waals surface area (Å²) in [6, 6.07) is 13.0. The van der Waals surface area contributed by atoms with Crippen LogP contribution in [0.1, 0.15) is 36.7 Å². The minimum absolute atomic E-state index is 0.0193. The molecular weight excluding hydrogens is 498 g/mol. The summed E-state index contributed by atoms with van der Waals surface area (Å²) < 4.78 is 42.8. The molecule has 0 saturated carbocycles. The first kappa shape index (κ1) is 26.4. The van der Waals surface area contributed by atoms with Crippen molar-refractivity contribution >= 4 is 21.8 Å². The van der Waals surface area contributed by atoms with Crippen LogP contribution in [0.15, 0.2) is 70.4 Å². The number of ether oxygens (including phenoxy) is 2. The Balaban J connectivity index is 1.68. The van der Waals surface area contributed by atoms with Crippen molar-refractivity contribution in [1.29, 1.82) is 0 Å². The van der Waals surface area contributed by atoms with Crippen LogP contribution >= 0.6 is 0 Å². The maximum Gasteiger partial charge on any atom is 0.341 e. The van der Waals surface area contributed by atoms with Crippen molar-refractivity contribution < 1.29 is 36.7 Å². The van der Waals surface area contributed by atoms with Crippen LogP contribution in [0, 0.1) is 5.41 Å². The standard InChI is InChI=1S/C27H29NO8S/c1-27(2,3)26(30)36-28-14-20(15-28)35-24-22(18-12-13-34-16-18)11-10-19(23(24)25(29)33-4)17-37(31,32)21-8-6-5-7-9-21/h5-13,16,20H,14-15,17H2,1-4H3. The lowest BCUT2D eigenvalue weighted by atomic mass is 9.97. The summed E-state index contributed by atoms with van der Waals surface area (Å²) in [5, 5.41) is 1.48. The van der Waals surface area contributed by atoms with E-state index in [0.29, 0.717) is 11.1 Å². The van der Waals surface area contributed by atoms with Gasteiger partial charge in [0.15, 0.2) is 9.84 Å². The molecule has 196 valence electrons. The second-order valence-electron chi connectivity index (χ2n) is 9.77. The van der Waals surface area contributed by atoms with Crippen molar-refractivity contribution in [3.63, 3.8) is 0 Å². The number of hydrogen-bond acceptors (Lipinski definition) is 9. The summed E-state index contributed by atoms with van der Waals surface area (Å²) in [4.78, 5) is 30.7. The average molecular weight is 528 g/mol. The monoisotopic (exact) mass is 527 g/mol. The second kappa shape index (κ2) is 10.4. The van der Waals surface area contributed by atoms with Gasteiger partial charge in [-0.15, -0.1) is 5.06 Å². The number of esters is 1. The van der Waals surface area contributed by atoms with Crippen LogP contribution in [0.3, 0.4) is 0 Å². The molecule has 1 aromatic heterocycles. The number of rotatable bonds is 8. The molecule has 0 radical (unpaired) electrons. The smallest absolute Gasteiger partial charge is 0.341 e. The number of sulfone groups is 1. The van der Waals surface area contributed by atoms with Crippen LogP contribution in [0.4, 0.5) is 0 Å². The number of hydroxylamine groups is 2. The van der Waals surface area contributed by atoms with E-state index in [2.05, 4.69) is 0 Å². The summed E-state index contributed by atoms with van der Waals surface area (Å²) >= 11 is 0. The zero-order chi connectivity index (χ0) is 26.8. The van der Waals surface area contributed by atoms with Crippen molar-refractivity contribution in [1.82, 2.24) is 5.06 Å². The highest BCUT2D eigenvalue weighted by molar-refractivity contribution is 7.90. The molecule has 10 heteroatoms. The third-order valence-electron chi connectivity index (χ3n) is 5.84. The van der Waals surface area contributed by atoms with Gasteiger partial charge in [-0.2, -0.15) is 0 Å². The van der Waals surface area contributed by atoms with Gasteiger partial charge in [-0.05, 0) is 44.5 Å². The molecule has 1 aliphatic heterocycles.